The Morgan fingerprint density at radius 1 is 1.54 bits per heavy atom. The molecular formula is C10H14BrNS. The molecule has 0 amide bonds. The van der Waals surface area contributed by atoms with Gasteiger partial charge in [0, 0.05) is 21.3 Å². The lowest BCUT2D eigenvalue weighted by atomic mass is 10.3. The number of hydrogen-bond acceptors (Lipinski definition) is 2. The number of thiophene rings is 1. The van der Waals surface area contributed by atoms with Crippen molar-refractivity contribution in [1.82, 2.24) is 5.32 Å². The quantitative estimate of drug-likeness (QED) is 0.800. The van der Waals surface area contributed by atoms with E-state index in [0.717, 1.165) is 12.5 Å². The van der Waals surface area contributed by atoms with Crippen LogP contribution in [0.3, 0.4) is 0 Å². The lowest BCUT2D eigenvalue weighted by Gasteiger charge is -2.00. The van der Waals surface area contributed by atoms with E-state index < -0.39 is 0 Å². The zero-order chi connectivity index (χ0) is 9.10. The van der Waals surface area contributed by atoms with Crippen molar-refractivity contribution in [3.05, 3.63) is 20.8 Å². The normalized spacial score (nSPS) is 16.4. The molecule has 1 aromatic rings. The summed E-state index contributed by atoms with van der Waals surface area (Å²) in [5, 5.41) is 5.61. The number of halogens is 1. The SMILES string of the molecule is Brc1csc(CNCCC2CC2)c1. The standard InChI is InChI=1S/C10H14BrNS/c11-9-5-10(13-7-9)6-12-4-3-8-1-2-8/h5,7-8,12H,1-4,6H2. The average molecular weight is 260 g/mol. The predicted molar refractivity (Wildman–Crippen MR) is 61.1 cm³/mol. The fourth-order valence-electron chi connectivity index (χ4n) is 1.37. The van der Waals surface area contributed by atoms with E-state index in [1.54, 1.807) is 0 Å². The summed E-state index contributed by atoms with van der Waals surface area (Å²) in [7, 11) is 0. The molecule has 1 saturated carbocycles. The van der Waals surface area contributed by atoms with Crippen molar-refractivity contribution in [3.8, 4) is 0 Å². The number of rotatable bonds is 5. The highest BCUT2D eigenvalue weighted by molar-refractivity contribution is 9.10. The Labute approximate surface area is 91.7 Å². The van der Waals surface area contributed by atoms with Crippen molar-refractivity contribution >= 4 is 27.3 Å². The predicted octanol–water partition coefficient (Wildman–Crippen LogP) is 3.40. The van der Waals surface area contributed by atoms with Crippen molar-refractivity contribution in [1.29, 1.82) is 0 Å². The molecule has 0 spiro atoms. The monoisotopic (exact) mass is 259 g/mol. The molecule has 2 rings (SSSR count). The molecule has 0 atom stereocenters. The first kappa shape index (κ1) is 9.69. The van der Waals surface area contributed by atoms with Crippen LogP contribution in [-0.2, 0) is 6.54 Å². The third-order valence-electron chi connectivity index (χ3n) is 2.35. The molecule has 1 heterocycles. The van der Waals surface area contributed by atoms with Crippen LogP contribution in [0.15, 0.2) is 15.9 Å². The van der Waals surface area contributed by atoms with E-state index in [9.17, 15) is 0 Å². The van der Waals surface area contributed by atoms with Gasteiger partial charge in [0.2, 0.25) is 0 Å². The molecule has 0 saturated heterocycles. The molecule has 0 radical (unpaired) electrons. The van der Waals surface area contributed by atoms with Crippen molar-refractivity contribution in [3.63, 3.8) is 0 Å². The molecule has 1 nitrogen and oxygen atoms in total. The van der Waals surface area contributed by atoms with Gasteiger partial charge in [0.15, 0.2) is 0 Å². The summed E-state index contributed by atoms with van der Waals surface area (Å²) in [6, 6.07) is 2.19. The van der Waals surface area contributed by atoms with Crippen LogP contribution < -0.4 is 5.32 Å². The van der Waals surface area contributed by atoms with Crippen LogP contribution in [-0.4, -0.2) is 6.54 Å². The van der Waals surface area contributed by atoms with Gasteiger partial charge in [-0.3, -0.25) is 0 Å². The van der Waals surface area contributed by atoms with E-state index in [4.69, 9.17) is 0 Å². The zero-order valence-corrected chi connectivity index (χ0v) is 9.96. The molecule has 1 aliphatic carbocycles. The van der Waals surface area contributed by atoms with Crippen LogP contribution >= 0.6 is 27.3 Å². The Hall–Kier alpha value is 0.140. The van der Waals surface area contributed by atoms with E-state index >= 15 is 0 Å². The smallest absolute Gasteiger partial charge is 0.0300 e. The maximum Gasteiger partial charge on any atom is 0.0300 e. The molecule has 1 fully saturated rings. The summed E-state index contributed by atoms with van der Waals surface area (Å²) in [6.45, 7) is 2.21. The van der Waals surface area contributed by atoms with Gasteiger partial charge in [-0.1, -0.05) is 12.8 Å². The molecule has 1 N–H and O–H groups in total. The van der Waals surface area contributed by atoms with Gasteiger partial charge >= 0.3 is 0 Å². The first-order valence-corrected chi connectivity index (χ1v) is 6.45. The van der Waals surface area contributed by atoms with Crippen molar-refractivity contribution in [2.75, 3.05) is 6.54 Å². The maximum atomic E-state index is 3.48. The van der Waals surface area contributed by atoms with Gasteiger partial charge in [0.05, 0.1) is 0 Å². The highest BCUT2D eigenvalue weighted by Crippen LogP contribution is 2.31. The van der Waals surface area contributed by atoms with Gasteiger partial charge in [-0.2, -0.15) is 0 Å². The largest absolute Gasteiger partial charge is 0.312 e. The third-order valence-corrected chi connectivity index (χ3v) is 4.04. The minimum atomic E-state index is 1.03. The van der Waals surface area contributed by atoms with Gasteiger partial charge in [-0.05, 0) is 40.9 Å². The van der Waals surface area contributed by atoms with Crippen LogP contribution in [0.5, 0.6) is 0 Å². The summed E-state index contributed by atoms with van der Waals surface area (Å²) >= 11 is 5.27. The van der Waals surface area contributed by atoms with Crippen LogP contribution in [0, 0.1) is 5.92 Å². The van der Waals surface area contributed by atoms with E-state index in [0.29, 0.717) is 0 Å². The average Bonchev–Trinajstić information content (AvgIpc) is 2.84. The molecule has 0 bridgehead atoms. The molecule has 3 heteroatoms. The van der Waals surface area contributed by atoms with Gasteiger partial charge in [0.25, 0.3) is 0 Å². The fraction of sp³-hybridized carbons (Fsp3) is 0.600. The second kappa shape index (κ2) is 4.58. The molecule has 1 aromatic heterocycles. The van der Waals surface area contributed by atoms with E-state index in [1.807, 2.05) is 11.3 Å². The maximum absolute atomic E-state index is 3.48. The highest BCUT2D eigenvalue weighted by Gasteiger charge is 2.19. The van der Waals surface area contributed by atoms with Crippen molar-refractivity contribution < 1.29 is 0 Å². The lowest BCUT2D eigenvalue weighted by Crippen LogP contribution is -2.14. The van der Waals surface area contributed by atoms with Crippen LogP contribution in [0.25, 0.3) is 0 Å². The van der Waals surface area contributed by atoms with E-state index in [1.165, 1.54) is 35.2 Å². The Balaban J connectivity index is 1.61. The molecule has 0 aromatic carbocycles. The molecule has 0 unspecified atom stereocenters. The summed E-state index contributed by atoms with van der Waals surface area (Å²) in [5.41, 5.74) is 0. The van der Waals surface area contributed by atoms with E-state index in [-0.39, 0.29) is 0 Å². The summed E-state index contributed by atoms with van der Waals surface area (Å²) in [5.74, 6) is 1.04. The second-order valence-corrected chi connectivity index (χ2v) is 5.55. The Kier molecular flexibility index (Phi) is 3.41. The molecule has 72 valence electrons. The van der Waals surface area contributed by atoms with Gasteiger partial charge in [-0.15, -0.1) is 11.3 Å². The van der Waals surface area contributed by atoms with Gasteiger partial charge in [0.1, 0.15) is 0 Å². The summed E-state index contributed by atoms with van der Waals surface area (Å²) in [6.07, 6.45) is 4.30. The molecule has 1 aliphatic rings. The first-order valence-electron chi connectivity index (χ1n) is 4.78. The number of hydrogen-bond donors (Lipinski definition) is 1. The topological polar surface area (TPSA) is 12.0 Å². The minimum Gasteiger partial charge on any atom is -0.312 e. The Morgan fingerprint density at radius 3 is 3.00 bits per heavy atom. The van der Waals surface area contributed by atoms with Crippen LogP contribution in [0.2, 0.25) is 0 Å². The van der Waals surface area contributed by atoms with Gasteiger partial charge in [-0.25, -0.2) is 0 Å². The Morgan fingerprint density at radius 2 is 2.38 bits per heavy atom. The third kappa shape index (κ3) is 3.41. The highest BCUT2D eigenvalue weighted by atomic mass is 79.9. The first-order chi connectivity index (χ1) is 6.34. The fourth-order valence-corrected chi connectivity index (χ4v) is 2.79. The van der Waals surface area contributed by atoms with Crippen molar-refractivity contribution in [2.45, 2.75) is 25.8 Å². The summed E-state index contributed by atoms with van der Waals surface area (Å²) in [4.78, 5) is 1.42. The number of nitrogens with one attached hydrogen (secondary N) is 1. The van der Waals surface area contributed by atoms with Crippen molar-refractivity contribution in [2.24, 2.45) is 5.92 Å². The van der Waals surface area contributed by atoms with Gasteiger partial charge < -0.3 is 5.32 Å². The zero-order valence-electron chi connectivity index (χ0n) is 7.55. The molecule has 0 aliphatic heterocycles. The minimum absolute atomic E-state index is 1.03. The molecular weight excluding hydrogens is 246 g/mol. The summed E-state index contributed by atoms with van der Waals surface area (Å²) < 4.78 is 1.21. The Bertz CT molecular complexity index is 268. The lowest BCUT2D eigenvalue weighted by molar-refractivity contribution is 0.616. The molecule has 13 heavy (non-hydrogen) atoms. The second-order valence-electron chi connectivity index (χ2n) is 3.64. The van der Waals surface area contributed by atoms with Crippen LogP contribution in [0.1, 0.15) is 24.1 Å². The van der Waals surface area contributed by atoms with E-state index in [2.05, 4.69) is 32.7 Å². The van der Waals surface area contributed by atoms with Crippen LogP contribution in [0.4, 0.5) is 0 Å².